The van der Waals surface area contributed by atoms with Gasteiger partial charge in [-0.05, 0) is 96.7 Å². The summed E-state index contributed by atoms with van der Waals surface area (Å²) in [4.78, 5) is 0. The second-order valence-corrected chi connectivity index (χ2v) is 20.4. The lowest BCUT2D eigenvalue weighted by Crippen LogP contribution is -2.39. The monoisotopic (exact) mass is 790 g/mol. The van der Waals surface area contributed by atoms with E-state index in [9.17, 15) is 0 Å². The third-order valence-electron chi connectivity index (χ3n) is 8.26. The van der Waals surface area contributed by atoms with E-state index in [1.807, 2.05) is 92.6 Å². The van der Waals surface area contributed by atoms with Crippen molar-refractivity contribution < 1.29 is 28.4 Å². The highest BCUT2D eigenvalue weighted by Gasteiger charge is 2.32. The Hall–Kier alpha value is 1.51. The van der Waals surface area contributed by atoms with Crippen LogP contribution < -0.4 is 0 Å². The third-order valence-corrected chi connectivity index (χ3v) is 17.1. The maximum Gasteiger partial charge on any atom is 0.282 e. The molecule has 0 aliphatic rings. The highest BCUT2D eigenvalue weighted by atomic mass is 33.8. The molecule has 0 heterocycles. The lowest BCUT2D eigenvalue weighted by atomic mass is 10.1. The maximum absolute atomic E-state index is 5.83. The van der Waals surface area contributed by atoms with Crippen LogP contribution in [0.5, 0.6) is 0 Å². The van der Waals surface area contributed by atoms with Crippen molar-refractivity contribution in [2.45, 2.75) is 195 Å². The topological polar surface area (TPSA) is 55.4 Å². The Bertz CT molecular complexity index is 566. The normalized spacial score (nSPS) is 12.4. The van der Waals surface area contributed by atoms with Gasteiger partial charge in [0.05, 0.1) is 0 Å². The van der Waals surface area contributed by atoms with Gasteiger partial charge in [-0.3, -0.25) is 0 Å². The van der Waals surface area contributed by atoms with Crippen molar-refractivity contribution >= 4 is 51.1 Å². The number of hydrogen-bond donors (Lipinski definition) is 0. The van der Waals surface area contributed by atoms with Gasteiger partial charge in [0.1, 0.15) is 0 Å². The van der Waals surface area contributed by atoms with Gasteiger partial charge in [-0.1, -0.05) is 124 Å². The van der Waals surface area contributed by atoms with Crippen molar-refractivity contribution in [1.82, 2.24) is 0 Å². The van der Waals surface area contributed by atoms with Gasteiger partial charge in [-0.25, -0.2) is 0 Å². The van der Waals surface area contributed by atoms with E-state index in [1.165, 1.54) is 127 Å². The molecular weight excluding hydrogens is 713 g/mol. The predicted molar refractivity (Wildman–Crippen MR) is 224 cm³/mol. The zero-order chi connectivity index (χ0) is 36.0. The van der Waals surface area contributed by atoms with Crippen molar-refractivity contribution in [3.8, 4) is 0 Å². The minimum Gasteiger partial charge on any atom is -0.328 e. The minimum atomic E-state index is -0.830. The van der Waals surface area contributed by atoms with Gasteiger partial charge < -0.3 is 28.4 Å². The summed E-state index contributed by atoms with van der Waals surface area (Å²) < 4.78 is 35.0. The lowest BCUT2D eigenvalue weighted by Gasteiger charge is -2.32. The van der Waals surface area contributed by atoms with Gasteiger partial charge in [-0.2, -0.15) is 0 Å². The van der Waals surface area contributed by atoms with Crippen LogP contribution in [0, 0.1) is 0 Å². The van der Waals surface area contributed by atoms with E-state index in [-0.39, 0.29) is 0 Å². The summed E-state index contributed by atoms with van der Waals surface area (Å²) in [5, 5.41) is 0. The summed E-state index contributed by atoms with van der Waals surface area (Å²) in [6.07, 6.45) is 28.1. The van der Waals surface area contributed by atoms with Crippen molar-refractivity contribution in [2.24, 2.45) is 0 Å². The largest absolute Gasteiger partial charge is 0.328 e. The van der Waals surface area contributed by atoms with Crippen LogP contribution in [0.15, 0.2) is 0 Å². The summed E-state index contributed by atoms with van der Waals surface area (Å²) in [5.41, 5.74) is 0. The van der Waals surface area contributed by atoms with Crippen LogP contribution in [-0.2, 0) is 28.4 Å². The molecule has 0 fully saturated rings. The van der Waals surface area contributed by atoms with E-state index in [1.54, 1.807) is 0 Å². The molecule has 0 aromatic heterocycles. The molecule has 0 aromatic carbocycles. The highest BCUT2D eigenvalue weighted by molar-refractivity contribution is 9.35. The van der Waals surface area contributed by atoms with E-state index < -0.39 is 11.9 Å². The van der Waals surface area contributed by atoms with Crippen LogP contribution in [0.25, 0.3) is 0 Å². The van der Waals surface area contributed by atoms with E-state index in [4.69, 9.17) is 28.4 Å². The van der Waals surface area contributed by atoms with Gasteiger partial charge in [0.25, 0.3) is 11.9 Å². The molecule has 0 radical (unpaired) electrons. The third kappa shape index (κ3) is 31.6. The smallest absolute Gasteiger partial charge is 0.282 e. The van der Waals surface area contributed by atoms with Crippen molar-refractivity contribution in [1.29, 1.82) is 0 Å². The first-order chi connectivity index (χ1) is 24.1. The van der Waals surface area contributed by atoms with Crippen LogP contribution in [0.3, 0.4) is 0 Å². The molecule has 0 spiro atoms. The lowest BCUT2D eigenvalue weighted by molar-refractivity contribution is -0.380. The standard InChI is InChI=1S/C38H78O6S5/c1-7-39-37(40-8-2,41-9-3)33-29-25-21-17-13-15-19-23-27-31-35-45-47-49-48-46-36-32-28-24-20-16-14-18-22-26-30-34-38(42-10-4,43-11-5)44-12-6/h7-36H2,1-6H3. The molecule has 0 saturated carbocycles. The van der Waals surface area contributed by atoms with Gasteiger partial charge in [0, 0.05) is 64.0 Å². The second kappa shape index (κ2) is 39.2. The molecule has 11 heteroatoms. The predicted octanol–water partition coefficient (Wildman–Crippen LogP) is 14.4. The Morgan fingerprint density at radius 3 is 0.755 bits per heavy atom. The highest BCUT2D eigenvalue weighted by Crippen LogP contribution is 2.48. The number of unbranched alkanes of at least 4 members (excludes halogenated alkanes) is 18. The molecule has 49 heavy (non-hydrogen) atoms. The SMILES string of the molecule is CCOC(CCCCCCCCCCCCSSSSSCCCCCCCCCCCCC(OCC)(OCC)OCC)(OCC)OCC. The summed E-state index contributed by atoms with van der Waals surface area (Å²) in [6.45, 7) is 15.7. The fourth-order valence-corrected chi connectivity index (χ4v) is 15.0. The molecule has 0 saturated heterocycles. The molecular formula is C38H78O6S5. The zero-order valence-electron chi connectivity index (χ0n) is 32.7. The molecule has 0 aliphatic heterocycles. The van der Waals surface area contributed by atoms with Crippen LogP contribution in [0.4, 0.5) is 0 Å². The van der Waals surface area contributed by atoms with Crippen LogP contribution in [-0.4, -0.2) is 63.1 Å². The van der Waals surface area contributed by atoms with Crippen molar-refractivity contribution in [3.05, 3.63) is 0 Å². The number of ether oxygens (including phenoxy) is 6. The Labute approximate surface area is 323 Å². The van der Waals surface area contributed by atoms with Gasteiger partial charge >= 0.3 is 0 Å². The first-order valence-corrected chi connectivity index (χ1v) is 26.6. The molecule has 0 aliphatic carbocycles. The molecule has 0 atom stereocenters. The summed E-state index contributed by atoms with van der Waals surface area (Å²) in [6, 6.07) is 0. The Balaban J connectivity index is 3.38. The van der Waals surface area contributed by atoms with Gasteiger partial charge in [0.2, 0.25) is 0 Å². The Morgan fingerprint density at radius 2 is 0.510 bits per heavy atom. The zero-order valence-corrected chi connectivity index (χ0v) is 36.8. The Kier molecular flexibility index (Phi) is 40.4. The first kappa shape index (κ1) is 50.5. The molecule has 0 bridgehead atoms. The van der Waals surface area contributed by atoms with Crippen LogP contribution in [0.1, 0.15) is 183 Å². The molecule has 0 N–H and O–H groups in total. The van der Waals surface area contributed by atoms with Gasteiger partial charge in [0.15, 0.2) is 0 Å². The fraction of sp³-hybridized carbons (Fsp3) is 1.00. The van der Waals surface area contributed by atoms with Crippen LogP contribution in [0.2, 0.25) is 0 Å². The molecule has 0 amide bonds. The number of rotatable bonds is 42. The van der Waals surface area contributed by atoms with Crippen molar-refractivity contribution in [2.75, 3.05) is 51.1 Å². The van der Waals surface area contributed by atoms with Gasteiger partial charge in [-0.15, -0.1) is 0 Å². The summed E-state index contributed by atoms with van der Waals surface area (Å²) in [5.74, 6) is 0.907. The minimum absolute atomic E-state index is 0.614. The van der Waals surface area contributed by atoms with E-state index in [0.29, 0.717) is 39.6 Å². The quantitative estimate of drug-likeness (QED) is 0.0337. The Morgan fingerprint density at radius 1 is 0.286 bits per heavy atom. The summed E-state index contributed by atoms with van der Waals surface area (Å²) >= 11 is 0. The molecule has 0 unspecified atom stereocenters. The molecule has 6 nitrogen and oxygen atoms in total. The first-order valence-electron chi connectivity index (χ1n) is 20.2. The number of hydrogen-bond acceptors (Lipinski definition) is 11. The molecule has 0 rings (SSSR count). The second-order valence-electron chi connectivity index (χ2n) is 12.4. The van der Waals surface area contributed by atoms with E-state index in [0.717, 1.165) is 25.7 Å². The average molecular weight is 791 g/mol. The molecule has 0 aromatic rings. The maximum atomic E-state index is 5.83. The fourth-order valence-electron chi connectivity index (χ4n) is 5.95. The average Bonchev–Trinajstić information content (AvgIpc) is 3.08. The van der Waals surface area contributed by atoms with E-state index in [2.05, 4.69) is 0 Å². The molecule has 296 valence electrons. The van der Waals surface area contributed by atoms with E-state index >= 15 is 0 Å². The van der Waals surface area contributed by atoms with Crippen molar-refractivity contribution in [3.63, 3.8) is 0 Å². The van der Waals surface area contributed by atoms with Crippen LogP contribution >= 0.6 is 51.1 Å². The summed E-state index contributed by atoms with van der Waals surface area (Å²) in [7, 11) is 9.96.